The van der Waals surface area contributed by atoms with Crippen LogP contribution in [0.25, 0.3) is 0 Å². The lowest BCUT2D eigenvalue weighted by molar-refractivity contribution is 0.313. The van der Waals surface area contributed by atoms with Gasteiger partial charge in [-0.15, -0.1) is 0 Å². The van der Waals surface area contributed by atoms with Gasteiger partial charge in [0.2, 0.25) is 10.0 Å². The Balaban J connectivity index is 2.21. The van der Waals surface area contributed by atoms with Crippen molar-refractivity contribution in [1.29, 1.82) is 0 Å². The van der Waals surface area contributed by atoms with Gasteiger partial charge in [0.25, 0.3) is 0 Å². The first-order valence-corrected chi connectivity index (χ1v) is 8.20. The maximum Gasteiger partial charge on any atom is 0.232 e. The van der Waals surface area contributed by atoms with Crippen LogP contribution in [0.4, 0.5) is 11.4 Å². The number of benzene rings is 1. The number of rotatable bonds is 4. The van der Waals surface area contributed by atoms with Gasteiger partial charge in [0.05, 0.1) is 17.1 Å². The van der Waals surface area contributed by atoms with Crippen molar-refractivity contribution in [3.63, 3.8) is 0 Å². The lowest BCUT2D eigenvalue weighted by Gasteiger charge is -2.35. The third-order valence-electron chi connectivity index (χ3n) is 3.39. The molecule has 0 unspecified atom stereocenters. The molecule has 106 valence electrons. The fourth-order valence-electron chi connectivity index (χ4n) is 2.12. The van der Waals surface area contributed by atoms with Gasteiger partial charge >= 0.3 is 0 Å². The summed E-state index contributed by atoms with van der Waals surface area (Å²) in [6.45, 7) is 5.47. The van der Waals surface area contributed by atoms with E-state index in [1.807, 2.05) is 24.3 Å². The van der Waals surface area contributed by atoms with E-state index in [9.17, 15) is 8.42 Å². The highest BCUT2D eigenvalue weighted by Gasteiger charge is 2.18. The first-order chi connectivity index (χ1) is 9.02. The maximum absolute atomic E-state index is 11.7. The van der Waals surface area contributed by atoms with Crippen LogP contribution in [0.2, 0.25) is 0 Å². The van der Waals surface area contributed by atoms with Crippen molar-refractivity contribution in [1.82, 2.24) is 4.90 Å². The molecule has 5 nitrogen and oxygen atoms in total. The molecule has 0 aromatic heterocycles. The van der Waals surface area contributed by atoms with E-state index < -0.39 is 10.0 Å². The van der Waals surface area contributed by atoms with Crippen molar-refractivity contribution < 1.29 is 8.42 Å². The van der Waals surface area contributed by atoms with Gasteiger partial charge in [-0.05, 0) is 26.1 Å². The van der Waals surface area contributed by atoms with Crippen LogP contribution in [0, 0.1) is 0 Å². The van der Waals surface area contributed by atoms with Crippen LogP contribution in [-0.2, 0) is 10.0 Å². The highest BCUT2D eigenvalue weighted by molar-refractivity contribution is 7.92. The van der Waals surface area contributed by atoms with Crippen molar-refractivity contribution in [2.45, 2.75) is 6.92 Å². The quantitative estimate of drug-likeness (QED) is 0.902. The minimum atomic E-state index is -3.23. The fraction of sp³-hybridized carbons (Fsp3) is 0.538. The van der Waals surface area contributed by atoms with E-state index in [0.29, 0.717) is 5.69 Å². The number of piperazine rings is 1. The van der Waals surface area contributed by atoms with Gasteiger partial charge < -0.3 is 9.80 Å². The molecular weight excluding hydrogens is 262 g/mol. The molecule has 1 N–H and O–H groups in total. The summed E-state index contributed by atoms with van der Waals surface area (Å²) in [5.41, 5.74) is 1.64. The molecule has 1 fully saturated rings. The smallest absolute Gasteiger partial charge is 0.232 e. The number of nitrogens with one attached hydrogen (secondary N) is 1. The van der Waals surface area contributed by atoms with Gasteiger partial charge in [0.15, 0.2) is 0 Å². The van der Waals surface area contributed by atoms with Crippen molar-refractivity contribution >= 4 is 21.4 Å². The number of sulfonamides is 1. The van der Waals surface area contributed by atoms with E-state index in [0.717, 1.165) is 31.9 Å². The van der Waals surface area contributed by atoms with Crippen LogP contribution >= 0.6 is 0 Å². The van der Waals surface area contributed by atoms with Gasteiger partial charge in [-0.25, -0.2) is 8.42 Å². The lowest BCUT2D eigenvalue weighted by Crippen LogP contribution is -2.44. The Hall–Kier alpha value is -1.27. The van der Waals surface area contributed by atoms with E-state index in [4.69, 9.17) is 0 Å². The van der Waals surface area contributed by atoms with Crippen LogP contribution in [0.5, 0.6) is 0 Å². The van der Waals surface area contributed by atoms with E-state index in [-0.39, 0.29) is 5.75 Å². The Morgan fingerprint density at radius 3 is 2.42 bits per heavy atom. The standard InChI is InChI=1S/C13H21N3O2S/c1-3-19(17,18)14-12-6-4-5-7-13(12)16-10-8-15(2)9-11-16/h4-7,14H,3,8-11H2,1-2H3. The molecule has 6 heteroatoms. The molecule has 1 aromatic rings. The van der Waals surface area contributed by atoms with Crippen molar-refractivity contribution in [2.24, 2.45) is 0 Å². The normalized spacial score (nSPS) is 17.5. The van der Waals surface area contributed by atoms with E-state index in [1.165, 1.54) is 0 Å². The molecule has 0 radical (unpaired) electrons. The number of hydrogen-bond donors (Lipinski definition) is 1. The largest absolute Gasteiger partial charge is 0.367 e. The molecular formula is C13H21N3O2S. The highest BCUT2D eigenvalue weighted by Crippen LogP contribution is 2.27. The summed E-state index contributed by atoms with van der Waals surface area (Å²) in [5.74, 6) is 0.0874. The monoisotopic (exact) mass is 283 g/mol. The zero-order valence-corrected chi connectivity index (χ0v) is 12.3. The molecule has 0 aliphatic carbocycles. The second kappa shape index (κ2) is 5.79. The predicted molar refractivity (Wildman–Crippen MR) is 79.2 cm³/mol. The third kappa shape index (κ3) is 3.61. The summed E-state index contributed by atoms with van der Waals surface area (Å²) in [4.78, 5) is 4.50. The Bertz CT molecular complexity index is 522. The predicted octanol–water partition coefficient (Wildman–Crippen LogP) is 1.20. The zero-order valence-electron chi connectivity index (χ0n) is 11.5. The molecule has 0 saturated carbocycles. The third-order valence-corrected chi connectivity index (χ3v) is 4.68. The van der Waals surface area contributed by atoms with Gasteiger partial charge in [-0.3, -0.25) is 4.72 Å². The first kappa shape index (κ1) is 14.1. The number of likely N-dealkylation sites (N-methyl/N-ethyl adjacent to an activating group) is 1. The topological polar surface area (TPSA) is 52.7 Å². The van der Waals surface area contributed by atoms with E-state index >= 15 is 0 Å². The molecule has 0 amide bonds. The van der Waals surface area contributed by atoms with Crippen LogP contribution in [0.1, 0.15) is 6.92 Å². The van der Waals surface area contributed by atoms with Crippen LogP contribution in [0.3, 0.4) is 0 Å². The van der Waals surface area contributed by atoms with Gasteiger partial charge in [0, 0.05) is 26.2 Å². The maximum atomic E-state index is 11.7. The molecule has 0 spiro atoms. The van der Waals surface area contributed by atoms with Crippen LogP contribution < -0.4 is 9.62 Å². The van der Waals surface area contributed by atoms with Crippen LogP contribution in [-0.4, -0.2) is 52.3 Å². The summed E-state index contributed by atoms with van der Waals surface area (Å²) in [6.07, 6.45) is 0. The zero-order chi connectivity index (χ0) is 13.9. The minimum absolute atomic E-state index is 0.0874. The molecule has 1 saturated heterocycles. The fourth-order valence-corrected chi connectivity index (χ4v) is 2.77. The Morgan fingerprint density at radius 1 is 1.16 bits per heavy atom. The summed E-state index contributed by atoms with van der Waals surface area (Å²) in [7, 11) is -1.13. The van der Waals surface area contributed by atoms with Crippen molar-refractivity contribution in [2.75, 3.05) is 48.6 Å². The number of para-hydroxylation sites is 2. The molecule has 1 aromatic carbocycles. The molecule has 1 aliphatic heterocycles. The average molecular weight is 283 g/mol. The molecule has 1 aliphatic rings. The lowest BCUT2D eigenvalue weighted by atomic mass is 10.2. The van der Waals surface area contributed by atoms with E-state index in [1.54, 1.807) is 6.92 Å². The van der Waals surface area contributed by atoms with Gasteiger partial charge in [-0.2, -0.15) is 0 Å². The summed E-state index contributed by atoms with van der Waals surface area (Å²) in [6, 6.07) is 7.59. The second-order valence-corrected chi connectivity index (χ2v) is 6.82. The van der Waals surface area contributed by atoms with Gasteiger partial charge in [-0.1, -0.05) is 12.1 Å². The molecule has 19 heavy (non-hydrogen) atoms. The van der Waals surface area contributed by atoms with Crippen molar-refractivity contribution in [3.8, 4) is 0 Å². The highest BCUT2D eigenvalue weighted by atomic mass is 32.2. The second-order valence-electron chi connectivity index (χ2n) is 4.81. The Kier molecular flexibility index (Phi) is 4.31. The molecule has 2 rings (SSSR count). The van der Waals surface area contributed by atoms with E-state index in [2.05, 4.69) is 21.6 Å². The first-order valence-electron chi connectivity index (χ1n) is 6.55. The van der Waals surface area contributed by atoms with Gasteiger partial charge in [0.1, 0.15) is 0 Å². The molecule has 0 bridgehead atoms. The summed E-state index contributed by atoms with van der Waals surface area (Å²) < 4.78 is 26.1. The molecule has 0 atom stereocenters. The summed E-state index contributed by atoms with van der Waals surface area (Å²) >= 11 is 0. The summed E-state index contributed by atoms with van der Waals surface area (Å²) in [5, 5.41) is 0. The van der Waals surface area contributed by atoms with Crippen LogP contribution in [0.15, 0.2) is 24.3 Å². The average Bonchev–Trinajstić information content (AvgIpc) is 2.40. The minimum Gasteiger partial charge on any atom is -0.367 e. The SMILES string of the molecule is CCS(=O)(=O)Nc1ccccc1N1CCN(C)CC1. The number of hydrogen-bond acceptors (Lipinski definition) is 4. The molecule has 1 heterocycles. The Labute approximate surface area is 115 Å². The number of nitrogens with zero attached hydrogens (tertiary/aromatic N) is 2. The number of anilines is 2. The Morgan fingerprint density at radius 2 is 1.79 bits per heavy atom. The van der Waals surface area contributed by atoms with Crippen molar-refractivity contribution in [3.05, 3.63) is 24.3 Å².